The van der Waals surface area contributed by atoms with Gasteiger partial charge in [0.1, 0.15) is 11.4 Å². The number of hydrogen-bond donors (Lipinski definition) is 1. The number of carbonyl (C=O) groups excluding carboxylic acids is 1. The number of rotatable bonds is 1. The summed E-state index contributed by atoms with van der Waals surface area (Å²) in [7, 11) is 0. The number of fused-ring (bicyclic) bond motifs is 1. The third kappa shape index (κ3) is 3.40. The second-order valence-corrected chi connectivity index (χ2v) is 7.10. The molecule has 0 aromatic heterocycles. The first-order valence-corrected chi connectivity index (χ1v) is 8.29. The molecule has 0 bridgehead atoms. The molecular formula is C19H24N2O3. The van der Waals surface area contributed by atoms with E-state index in [4.69, 9.17) is 4.74 Å². The Hall–Kier alpha value is -2.43. The first-order chi connectivity index (χ1) is 11.3. The molecule has 5 heteroatoms. The van der Waals surface area contributed by atoms with Gasteiger partial charge in [-0.3, -0.25) is 0 Å². The minimum absolute atomic E-state index is 0.252. The summed E-state index contributed by atoms with van der Waals surface area (Å²) in [5.41, 5.74) is 0.619. The molecule has 2 aromatic carbocycles. The van der Waals surface area contributed by atoms with E-state index in [1.165, 1.54) is 0 Å². The molecule has 3 rings (SSSR count). The summed E-state index contributed by atoms with van der Waals surface area (Å²) in [4.78, 5) is 16.2. The summed E-state index contributed by atoms with van der Waals surface area (Å²) in [5.74, 6) is 0.293. The van der Waals surface area contributed by atoms with Gasteiger partial charge in [-0.05, 0) is 32.9 Å². The van der Waals surface area contributed by atoms with E-state index in [9.17, 15) is 9.90 Å². The van der Waals surface area contributed by atoms with Gasteiger partial charge in [-0.15, -0.1) is 0 Å². The molecule has 0 atom stereocenters. The summed E-state index contributed by atoms with van der Waals surface area (Å²) in [6, 6.07) is 11.5. The Balaban J connectivity index is 1.74. The smallest absolute Gasteiger partial charge is 0.410 e. The number of aromatic hydroxyl groups is 1. The van der Waals surface area contributed by atoms with Crippen LogP contribution < -0.4 is 4.90 Å². The first kappa shape index (κ1) is 16.4. The second kappa shape index (κ2) is 6.23. The predicted molar refractivity (Wildman–Crippen MR) is 95.6 cm³/mol. The van der Waals surface area contributed by atoms with Crippen molar-refractivity contribution in [2.45, 2.75) is 26.4 Å². The Morgan fingerprint density at radius 2 is 1.62 bits per heavy atom. The number of amides is 1. The van der Waals surface area contributed by atoms with Crippen LogP contribution in [-0.2, 0) is 4.74 Å². The molecule has 0 unspecified atom stereocenters. The van der Waals surface area contributed by atoms with Crippen LogP contribution in [0.25, 0.3) is 10.8 Å². The number of hydrogen-bond acceptors (Lipinski definition) is 4. The first-order valence-electron chi connectivity index (χ1n) is 8.29. The molecule has 0 spiro atoms. The Kier molecular flexibility index (Phi) is 4.26. The van der Waals surface area contributed by atoms with Crippen molar-refractivity contribution < 1.29 is 14.6 Å². The van der Waals surface area contributed by atoms with E-state index in [0.29, 0.717) is 18.8 Å². The Morgan fingerprint density at radius 1 is 1.00 bits per heavy atom. The summed E-state index contributed by atoms with van der Waals surface area (Å²) < 4.78 is 5.44. The average Bonchev–Trinajstić information content (AvgIpc) is 2.53. The van der Waals surface area contributed by atoms with Gasteiger partial charge >= 0.3 is 6.09 Å². The maximum Gasteiger partial charge on any atom is 0.410 e. The van der Waals surface area contributed by atoms with Gasteiger partial charge in [0.2, 0.25) is 0 Å². The van der Waals surface area contributed by atoms with Gasteiger partial charge in [0.15, 0.2) is 0 Å². The zero-order valence-electron chi connectivity index (χ0n) is 14.5. The molecule has 1 heterocycles. The van der Waals surface area contributed by atoms with Crippen molar-refractivity contribution in [3.8, 4) is 5.75 Å². The number of phenols is 1. The fraction of sp³-hybridized carbons (Fsp3) is 0.421. The molecule has 1 N–H and O–H groups in total. The predicted octanol–water partition coefficient (Wildman–Crippen LogP) is 3.60. The number of carbonyl (C=O) groups is 1. The number of ether oxygens (including phenoxy) is 1. The fourth-order valence-electron chi connectivity index (χ4n) is 3.01. The largest absolute Gasteiger partial charge is 0.507 e. The second-order valence-electron chi connectivity index (χ2n) is 7.10. The highest BCUT2D eigenvalue weighted by molar-refractivity contribution is 5.97. The standard InChI is InChI=1S/C19H24N2O3/c1-19(2,3)24-18(23)21-12-10-20(11-13-21)16-8-4-7-15-14(16)6-5-9-17(15)22/h4-9,22H,10-13H2,1-3H3. The number of piperazine rings is 1. The van der Waals surface area contributed by atoms with Crippen molar-refractivity contribution in [2.24, 2.45) is 0 Å². The molecule has 0 radical (unpaired) electrons. The van der Waals surface area contributed by atoms with E-state index in [0.717, 1.165) is 29.5 Å². The fourth-order valence-corrected chi connectivity index (χ4v) is 3.01. The van der Waals surface area contributed by atoms with Gasteiger partial charge in [0, 0.05) is 42.6 Å². The zero-order valence-corrected chi connectivity index (χ0v) is 14.5. The molecule has 0 saturated carbocycles. The van der Waals surface area contributed by atoms with Crippen molar-refractivity contribution in [1.82, 2.24) is 4.90 Å². The molecule has 1 aliphatic heterocycles. The number of benzene rings is 2. The highest BCUT2D eigenvalue weighted by Crippen LogP contribution is 2.32. The van der Waals surface area contributed by atoms with Crippen molar-refractivity contribution in [2.75, 3.05) is 31.1 Å². The molecule has 1 fully saturated rings. The van der Waals surface area contributed by atoms with Gasteiger partial charge in [0.25, 0.3) is 0 Å². The lowest BCUT2D eigenvalue weighted by Gasteiger charge is -2.37. The quantitative estimate of drug-likeness (QED) is 0.869. The zero-order chi connectivity index (χ0) is 17.3. The molecule has 1 amide bonds. The van der Waals surface area contributed by atoms with Crippen LogP contribution in [0.5, 0.6) is 5.75 Å². The van der Waals surface area contributed by atoms with Crippen LogP contribution in [0, 0.1) is 0 Å². The van der Waals surface area contributed by atoms with Crippen LogP contribution in [0.1, 0.15) is 20.8 Å². The van der Waals surface area contributed by atoms with E-state index >= 15 is 0 Å². The van der Waals surface area contributed by atoms with Crippen LogP contribution in [0.3, 0.4) is 0 Å². The van der Waals surface area contributed by atoms with Crippen LogP contribution in [0.15, 0.2) is 36.4 Å². The molecule has 1 aliphatic rings. The van der Waals surface area contributed by atoms with E-state index in [2.05, 4.69) is 11.0 Å². The Morgan fingerprint density at radius 3 is 2.29 bits per heavy atom. The average molecular weight is 328 g/mol. The van der Waals surface area contributed by atoms with Gasteiger partial charge in [-0.2, -0.15) is 0 Å². The third-order valence-corrected chi connectivity index (χ3v) is 4.15. The van der Waals surface area contributed by atoms with Crippen molar-refractivity contribution >= 4 is 22.6 Å². The molecule has 0 aliphatic carbocycles. The SMILES string of the molecule is CC(C)(C)OC(=O)N1CCN(c2cccc3c(O)cccc23)CC1. The summed E-state index contributed by atoms with van der Waals surface area (Å²) in [6.45, 7) is 8.38. The molecule has 5 nitrogen and oxygen atoms in total. The lowest BCUT2D eigenvalue weighted by Crippen LogP contribution is -2.50. The summed E-state index contributed by atoms with van der Waals surface area (Å²) in [5, 5.41) is 11.9. The van der Waals surface area contributed by atoms with E-state index in [1.807, 2.05) is 45.0 Å². The normalized spacial score (nSPS) is 15.6. The van der Waals surface area contributed by atoms with Crippen LogP contribution in [0.2, 0.25) is 0 Å². The Labute approximate surface area is 142 Å². The summed E-state index contributed by atoms with van der Waals surface area (Å²) >= 11 is 0. The minimum Gasteiger partial charge on any atom is -0.507 e. The van der Waals surface area contributed by atoms with Gasteiger partial charge < -0.3 is 19.6 Å². The minimum atomic E-state index is -0.471. The number of anilines is 1. The highest BCUT2D eigenvalue weighted by atomic mass is 16.6. The van der Waals surface area contributed by atoms with E-state index < -0.39 is 5.60 Å². The molecular weight excluding hydrogens is 304 g/mol. The van der Waals surface area contributed by atoms with Crippen LogP contribution in [0.4, 0.5) is 10.5 Å². The van der Waals surface area contributed by atoms with Gasteiger partial charge in [-0.25, -0.2) is 4.79 Å². The van der Waals surface area contributed by atoms with E-state index in [1.54, 1.807) is 11.0 Å². The van der Waals surface area contributed by atoms with E-state index in [-0.39, 0.29) is 6.09 Å². The molecule has 2 aromatic rings. The number of nitrogens with zero attached hydrogens (tertiary/aromatic N) is 2. The van der Waals surface area contributed by atoms with Crippen LogP contribution in [-0.4, -0.2) is 47.9 Å². The Bertz CT molecular complexity index is 744. The monoisotopic (exact) mass is 328 g/mol. The maximum atomic E-state index is 12.2. The van der Waals surface area contributed by atoms with Gasteiger partial charge in [0.05, 0.1) is 0 Å². The number of phenolic OH excluding ortho intramolecular Hbond substituents is 1. The lowest BCUT2D eigenvalue weighted by molar-refractivity contribution is 0.0241. The molecule has 128 valence electrons. The molecule has 1 saturated heterocycles. The van der Waals surface area contributed by atoms with Gasteiger partial charge in [-0.1, -0.05) is 24.3 Å². The summed E-state index contributed by atoms with van der Waals surface area (Å²) in [6.07, 6.45) is -0.252. The van der Waals surface area contributed by atoms with Crippen molar-refractivity contribution in [1.29, 1.82) is 0 Å². The van der Waals surface area contributed by atoms with Crippen molar-refractivity contribution in [3.05, 3.63) is 36.4 Å². The topological polar surface area (TPSA) is 53.0 Å². The van der Waals surface area contributed by atoms with Crippen LogP contribution >= 0.6 is 0 Å². The molecule has 24 heavy (non-hydrogen) atoms. The lowest BCUT2D eigenvalue weighted by atomic mass is 10.1. The van der Waals surface area contributed by atoms with Crippen molar-refractivity contribution in [3.63, 3.8) is 0 Å². The third-order valence-electron chi connectivity index (χ3n) is 4.15. The highest BCUT2D eigenvalue weighted by Gasteiger charge is 2.26. The maximum absolute atomic E-state index is 12.2.